The van der Waals surface area contributed by atoms with Crippen LogP contribution in [0.15, 0.2) is 84.9 Å². The lowest BCUT2D eigenvalue weighted by Gasteiger charge is -1.97. The fourth-order valence-electron chi connectivity index (χ4n) is 2.98. The van der Waals surface area contributed by atoms with Gasteiger partial charge in [-0.1, -0.05) is 48.2 Å². The van der Waals surface area contributed by atoms with E-state index in [-0.39, 0.29) is 0 Å². The van der Waals surface area contributed by atoms with Crippen molar-refractivity contribution in [3.05, 3.63) is 107 Å². The lowest BCUT2D eigenvalue weighted by Crippen LogP contribution is -2.12. The van der Waals surface area contributed by atoms with Crippen LogP contribution in [0.1, 0.15) is 22.3 Å². The van der Waals surface area contributed by atoms with E-state index >= 15 is 0 Å². The van der Waals surface area contributed by atoms with Gasteiger partial charge >= 0.3 is 0 Å². The van der Waals surface area contributed by atoms with Crippen molar-refractivity contribution in [3.63, 3.8) is 0 Å². The molecule has 0 unspecified atom stereocenters. The molecule has 0 bridgehead atoms. The van der Waals surface area contributed by atoms with Gasteiger partial charge in [0.15, 0.2) is 0 Å². The summed E-state index contributed by atoms with van der Waals surface area (Å²) in [4.78, 5) is 0. The van der Waals surface area contributed by atoms with Gasteiger partial charge in [0.2, 0.25) is 0 Å². The molecule has 30 heavy (non-hydrogen) atoms. The van der Waals surface area contributed by atoms with Crippen LogP contribution in [-0.4, -0.2) is 48.8 Å². The van der Waals surface area contributed by atoms with Crippen LogP contribution >= 0.6 is 0 Å². The molecule has 0 saturated carbocycles. The lowest BCUT2D eigenvalue weighted by atomic mass is 10.1. The average molecular weight is 391 g/mol. The second-order valence-corrected chi connectivity index (χ2v) is 7.30. The minimum atomic E-state index is 0.968. The van der Waals surface area contributed by atoms with Crippen LogP contribution in [0.5, 0.6) is 0 Å². The van der Waals surface area contributed by atoms with E-state index in [0.717, 1.165) is 33.7 Å². The number of rotatable bonds is 2. The van der Waals surface area contributed by atoms with Gasteiger partial charge in [-0.25, -0.2) is 9.15 Å². The monoisotopic (exact) mass is 390 g/mol. The van der Waals surface area contributed by atoms with Crippen LogP contribution < -0.4 is 0 Å². The first kappa shape index (κ1) is 20.8. The summed E-state index contributed by atoms with van der Waals surface area (Å²) >= 11 is 0. The minimum absolute atomic E-state index is 0.968. The summed E-state index contributed by atoms with van der Waals surface area (Å²) in [5, 5.41) is 0. The zero-order chi connectivity index (χ0) is 21.3. The smallest absolute Gasteiger partial charge is 0.227 e. The Morgan fingerprint density at radius 1 is 0.500 bits per heavy atom. The van der Waals surface area contributed by atoms with E-state index in [2.05, 4.69) is 47.9 Å². The van der Waals surface area contributed by atoms with Crippen molar-refractivity contribution in [3.8, 4) is 23.7 Å². The molecule has 0 radical (unpaired) electrons. The van der Waals surface area contributed by atoms with Crippen molar-refractivity contribution in [1.29, 1.82) is 0 Å². The summed E-state index contributed by atoms with van der Waals surface area (Å²) < 4.78 is 4.09. The highest BCUT2D eigenvalue weighted by Gasteiger charge is 2.08. The van der Waals surface area contributed by atoms with Gasteiger partial charge in [0.05, 0.1) is 11.1 Å². The molecule has 2 nitrogen and oxygen atoms in total. The van der Waals surface area contributed by atoms with E-state index in [0.29, 0.717) is 0 Å². The van der Waals surface area contributed by atoms with Gasteiger partial charge < -0.3 is 0 Å². The Bertz CT molecular complexity index is 1090. The van der Waals surface area contributed by atoms with Gasteiger partial charge in [-0.3, -0.25) is 0 Å². The Morgan fingerprint density at radius 2 is 0.833 bits per heavy atom. The molecule has 3 aromatic carbocycles. The van der Waals surface area contributed by atoms with Crippen molar-refractivity contribution in [1.82, 2.24) is 0 Å². The molecular formula is C28H26N2+2. The molecule has 0 amide bonds. The van der Waals surface area contributed by atoms with E-state index in [1.807, 2.05) is 98.0 Å². The third-order valence-corrected chi connectivity index (χ3v) is 4.52. The number of nitrogens with zero attached hydrogens (tertiary/aromatic N) is 2. The van der Waals surface area contributed by atoms with E-state index in [4.69, 9.17) is 0 Å². The van der Waals surface area contributed by atoms with Crippen LogP contribution in [0.25, 0.3) is 0 Å². The molecule has 0 heterocycles. The standard InChI is InChI=1S/C28H26N2/c1-29(2)27(25-11-7-5-8-12-25)21-19-23-15-17-24(18-16-23)20-22-28(30(3)4)26-13-9-6-10-14-26/h5-18H,1-4H3/q+2. The highest BCUT2D eigenvalue weighted by atomic mass is 14.9. The second-order valence-electron chi connectivity index (χ2n) is 7.30. The van der Waals surface area contributed by atoms with Crippen LogP contribution in [-0.2, 0) is 0 Å². The highest BCUT2D eigenvalue weighted by Crippen LogP contribution is 2.05. The lowest BCUT2D eigenvalue weighted by molar-refractivity contribution is -0.462. The molecule has 0 aromatic heterocycles. The molecule has 146 valence electrons. The van der Waals surface area contributed by atoms with Gasteiger partial charge in [-0.15, -0.1) is 0 Å². The molecule has 0 saturated heterocycles. The number of hydrogen-bond donors (Lipinski definition) is 0. The maximum atomic E-state index is 3.30. The van der Waals surface area contributed by atoms with Crippen LogP contribution in [0, 0.1) is 23.7 Å². The maximum Gasteiger partial charge on any atom is 0.258 e. The van der Waals surface area contributed by atoms with Gasteiger partial charge in [0.1, 0.15) is 28.2 Å². The molecule has 0 N–H and O–H groups in total. The van der Waals surface area contributed by atoms with Gasteiger partial charge in [0, 0.05) is 23.0 Å². The largest absolute Gasteiger partial charge is 0.258 e. The van der Waals surface area contributed by atoms with E-state index in [1.54, 1.807) is 0 Å². The third-order valence-electron chi connectivity index (χ3n) is 4.52. The SMILES string of the molecule is C[N+](C)=C(C#Cc1ccc(C#CC(c2ccccc2)=[N+](C)C)cc1)c1ccccc1. The molecule has 0 spiro atoms. The van der Waals surface area contributed by atoms with Crippen molar-refractivity contribution in [2.45, 2.75) is 0 Å². The first-order chi connectivity index (χ1) is 14.5. The molecule has 0 aliphatic carbocycles. The first-order valence-corrected chi connectivity index (χ1v) is 9.88. The summed E-state index contributed by atoms with van der Waals surface area (Å²) in [6, 6.07) is 28.5. The van der Waals surface area contributed by atoms with Crippen molar-refractivity contribution in [2.75, 3.05) is 28.2 Å². The van der Waals surface area contributed by atoms with Crippen LogP contribution in [0.2, 0.25) is 0 Å². The molecule has 3 aromatic rings. The molecular weight excluding hydrogens is 364 g/mol. The molecule has 0 aliphatic rings. The predicted molar refractivity (Wildman–Crippen MR) is 126 cm³/mol. The first-order valence-electron chi connectivity index (χ1n) is 9.88. The fourth-order valence-corrected chi connectivity index (χ4v) is 2.98. The van der Waals surface area contributed by atoms with E-state index in [9.17, 15) is 0 Å². The Balaban J connectivity index is 1.82. The predicted octanol–water partition coefficient (Wildman–Crippen LogP) is 3.91. The number of benzene rings is 3. The van der Waals surface area contributed by atoms with Gasteiger partial charge in [-0.05, 0) is 48.5 Å². The number of hydrogen-bond acceptors (Lipinski definition) is 0. The van der Waals surface area contributed by atoms with Gasteiger partial charge in [0.25, 0.3) is 11.4 Å². The van der Waals surface area contributed by atoms with Crippen molar-refractivity contribution >= 4 is 11.4 Å². The molecule has 0 aliphatic heterocycles. The third kappa shape index (κ3) is 5.57. The summed E-state index contributed by atoms with van der Waals surface area (Å²) in [7, 11) is 8.06. The molecule has 2 heteroatoms. The molecule has 3 rings (SSSR count). The highest BCUT2D eigenvalue weighted by molar-refractivity contribution is 6.10. The summed E-state index contributed by atoms with van der Waals surface area (Å²) in [6.45, 7) is 0. The molecule has 0 fully saturated rings. The topological polar surface area (TPSA) is 6.02 Å². The zero-order valence-electron chi connectivity index (χ0n) is 18.0. The Kier molecular flexibility index (Phi) is 6.99. The molecule has 0 atom stereocenters. The Hall–Kier alpha value is -3.88. The Labute approximate surface area is 179 Å². The Morgan fingerprint density at radius 3 is 1.13 bits per heavy atom. The summed E-state index contributed by atoms with van der Waals surface area (Å²) in [5.74, 6) is 13.1. The average Bonchev–Trinajstić information content (AvgIpc) is 2.76. The quantitative estimate of drug-likeness (QED) is 0.356. The van der Waals surface area contributed by atoms with Crippen molar-refractivity contribution in [2.24, 2.45) is 0 Å². The fraction of sp³-hybridized carbons (Fsp3) is 0.143. The van der Waals surface area contributed by atoms with Crippen LogP contribution in [0.4, 0.5) is 0 Å². The van der Waals surface area contributed by atoms with E-state index in [1.165, 1.54) is 0 Å². The maximum absolute atomic E-state index is 3.30. The van der Waals surface area contributed by atoms with Crippen molar-refractivity contribution < 1.29 is 9.15 Å². The summed E-state index contributed by atoms with van der Waals surface area (Å²) in [6.07, 6.45) is 0. The zero-order valence-corrected chi connectivity index (χ0v) is 18.0. The minimum Gasteiger partial charge on any atom is -0.227 e. The second kappa shape index (κ2) is 10.1. The normalized spacial score (nSPS) is 9.47. The van der Waals surface area contributed by atoms with Gasteiger partial charge in [-0.2, -0.15) is 0 Å². The van der Waals surface area contributed by atoms with E-state index < -0.39 is 0 Å². The summed E-state index contributed by atoms with van der Waals surface area (Å²) in [5.41, 5.74) is 6.15. The van der Waals surface area contributed by atoms with Crippen LogP contribution in [0.3, 0.4) is 0 Å².